The van der Waals surface area contributed by atoms with E-state index in [-0.39, 0.29) is 5.91 Å². The minimum absolute atomic E-state index is 0.0689. The third kappa shape index (κ3) is 2.09. The molecule has 1 aromatic heterocycles. The van der Waals surface area contributed by atoms with Gasteiger partial charge in [-0.1, -0.05) is 30.3 Å². The van der Waals surface area contributed by atoms with E-state index >= 15 is 0 Å². The molecule has 0 atom stereocenters. The summed E-state index contributed by atoms with van der Waals surface area (Å²) >= 11 is 0. The molecular formula is C18H15N3O. The van der Waals surface area contributed by atoms with Crippen molar-refractivity contribution >= 4 is 22.5 Å². The Bertz CT molecular complexity index is 874. The Kier molecular flexibility index (Phi) is 2.82. The minimum atomic E-state index is 0.0689. The summed E-state index contributed by atoms with van der Waals surface area (Å²) < 4.78 is 0. The van der Waals surface area contributed by atoms with Crippen molar-refractivity contribution in [1.82, 2.24) is 9.88 Å². The second kappa shape index (κ2) is 4.84. The van der Waals surface area contributed by atoms with E-state index in [1.807, 2.05) is 53.4 Å². The number of hydrogen-bond acceptors (Lipinski definition) is 3. The molecule has 4 nitrogen and oxygen atoms in total. The van der Waals surface area contributed by atoms with Crippen molar-refractivity contribution in [3.05, 3.63) is 71.4 Å². The Balaban J connectivity index is 1.70. The summed E-state index contributed by atoms with van der Waals surface area (Å²) in [6.45, 7) is 1.26. The Labute approximate surface area is 128 Å². The predicted octanol–water partition coefficient (Wildman–Crippen LogP) is 2.97. The number of benzene rings is 2. The maximum Gasteiger partial charge on any atom is 0.254 e. The number of nitrogens with two attached hydrogens (primary N) is 1. The van der Waals surface area contributed by atoms with Gasteiger partial charge < -0.3 is 10.6 Å². The van der Waals surface area contributed by atoms with Crippen LogP contribution in [0.25, 0.3) is 10.9 Å². The van der Waals surface area contributed by atoms with Gasteiger partial charge >= 0.3 is 0 Å². The number of aromatic nitrogens is 1. The monoisotopic (exact) mass is 289 g/mol. The van der Waals surface area contributed by atoms with Crippen molar-refractivity contribution in [3.8, 4) is 0 Å². The van der Waals surface area contributed by atoms with Crippen molar-refractivity contribution in [2.75, 3.05) is 5.73 Å². The third-order valence-electron chi connectivity index (χ3n) is 4.02. The Hall–Kier alpha value is -2.88. The number of rotatable bonds is 2. The van der Waals surface area contributed by atoms with Crippen LogP contribution in [0.5, 0.6) is 0 Å². The van der Waals surface area contributed by atoms with Gasteiger partial charge in [-0.15, -0.1) is 0 Å². The van der Waals surface area contributed by atoms with Crippen LogP contribution in [0.3, 0.4) is 0 Å². The molecule has 4 rings (SSSR count). The summed E-state index contributed by atoms with van der Waals surface area (Å²) in [5, 5.41) is 0.980. The number of anilines is 1. The fraction of sp³-hybridized carbons (Fsp3) is 0.111. The highest BCUT2D eigenvalue weighted by Gasteiger charge is 2.27. The predicted molar refractivity (Wildman–Crippen MR) is 86.2 cm³/mol. The van der Waals surface area contributed by atoms with E-state index in [4.69, 9.17) is 5.73 Å². The molecule has 1 amide bonds. The topological polar surface area (TPSA) is 59.2 Å². The number of carbonyl (C=O) groups excluding carboxylic acids is 1. The van der Waals surface area contributed by atoms with E-state index in [2.05, 4.69) is 4.98 Å². The maximum atomic E-state index is 12.6. The summed E-state index contributed by atoms with van der Waals surface area (Å²) in [7, 11) is 0. The van der Waals surface area contributed by atoms with Crippen LogP contribution in [-0.2, 0) is 13.1 Å². The van der Waals surface area contributed by atoms with E-state index < -0.39 is 0 Å². The molecule has 22 heavy (non-hydrogen) atoms. The average molecular weight is 289 g/mol. The van der Waals surface area contributed by atoms with Gasteiger partial charge in [-0.25, -0.2) is 0 Å². The van der Waals surface area contributed by atoms with Gasteiger partial charge in [0.25, 0.3) is 5.91 Å². The molecule has 2 N–H and O–H groups in total. The summed E-state index contributed by atoms with van der Waals surface area (Å²) in [6, 6.07) is 15.8. The first-order valence-electron chi connectivity index (χ1n) is 7.22. The van der Waals surface area contributed by atoms with Crippen LogP contribution in [0.1, 0.15) is 21.5 Å². The van der Waals surface area contributed by atoms with Crippen molar-refractivity contribution in [2.24, 2.45) is 0 Å². The van der Waals surface area contributed by atoms with Crippen LogP contribution in [0.2, 0.25) is 0 Å². The molecule has 1 aliphatic heterocycles. The number of amides is 1. The van der Waals surface area contributed by atoms with E-state index in [0.29, 0.717) is 18.8 Å². The minimum Gasteiger partial charge on any atom is -0.397 e. The van der Waals surface area contributed by atoms with Crippen molar-refractivity contribution in [2.45, 2.75) is 13.1 Å². The highest BCUT2D eigenvalue weighted by Crippen LogP contribution is 2.28. The molecule has 0 radical (unpaired) electrons. The largest absolute Gasteiger partial charge is 0.397 e. The van der Waals surface area contributed by atoms with Crippen LogP contribution < -0.4 is 5.73 Å². The van der Waals surface area contributed by atoms with Gasteiger partial charge in [-0.05, 0) is 29.3 Å². The zero-order valence-electron chi connectivity index (χ0n) is 12.0. The molecule has 1 aliphatic rings. The van der Waals surface area contributed by atoms with E-state index in [1.54, 1.807) is 6.20 Å². The number of hydrogen-bond donors (Lipinski definition) is 1. The van der Waals surface area contributed by atoms with E-state index in [9.17, 15) is 4.79 Å². The van der Waals surface area contributed by atoms with Gasteiger partial charge in [0, 0.05) is 24.0 Å². The lowest BCUT2D eigenvalue weighted by atomic mass is 10.1. The van der Waals surface area contributed by atoms with Crippen LogP contribution in [0.15, 0.2) is 54.7 Å². The zero-order valence-corrected chi connectivity index (χ0v) is 12.0. The van der Waals surface area contributed by atoms with E-state index in [0.717, 1.165) is 27.6 Å². The van der Waals surface area contributed by atoms with Crippen LogP contribution in [0.4, 0.5) is 5.69 Å². The molecule has 2 aromatic carbocycles. The molecule has 2 heterocycles. The molecule has 0 unspecified atom stereocenters. The van der Waals surface area contributed by atoms with Gasteiger partial charge in [-0.2, -0.15) is 0 Å². The molecule has 0 aliphatic carbocycles. The van der Waals surface area contributed by atoms with Gasteiger partial charge in [0.15, 0.2) is 0 Å². The van der Waals surface area contributed by atoms with Crippen LogP contribution in [0, 0.1) is 0 Å². The molecule has 0 bridgehead atoms. The number of fused-ring (bicyclic) bond motifs is 2. The number of pyridine rings is 1. The number of nitrogens with zero attached hydrogens (tertiary/aromatic N) is 2. The summed E-state index contributed by atoms with van der Waals surface area (Å²) in [6.07, 6.45) is 1.62. The molecule has 4 heteroatoms. The van der Waals surface area contributed by atoms with Gasteiger partial charge in [0.1, 0.15) is 0 Å². The summed E-state index contributed by atoms with van der Waals surface area (Å²) in [5.41, 5.74) is 10.2. The number of carbonyl (C=O) groups is 1. The molecule has 0 fully saturated rings. The van der Waals surface area contributed by atoms with Gasteiger partial charge in [0.05, 0.1) is 17.4 Å². The molecule has 0 saturated carbocycles. The van der Waals surface area contributed by atoms with Gasteiger partial charge in [-0.3, -0.25) is 9.78 Å². The second-order valence-electron chi connectivity index (χ2n) is 5.62. The first kappa shape index (κ1) is 12.8. The smallest absolute Gasteiger partial charge is 0.254 e. The highest BCUT2D eigenvalue weighted by atomic mass is 16.2. The van der Waals surface area contributed by atoms with E-state index in [1.165, 1.54) is 0 Å². The van der Waals surface area contributed by atoms with Crippen LogP contribution >= 0.6 is 0 Å². The Morgan fingerprint density at radius 1 is 1.14 bits per heavy atom. The summed E-state index contributed by atoms with van der Waals surface area (Å²) in [5.74, 6) is 0.0689. The molecule has 0 saturated heterocycles. The SMILES string of the molecule is Nc1cnc2cc3c(cc2c1)CN(Cc1ccccc1)C3=O. The fourth-order valence-corrected chi connectivity index (χ4v) is 2.95. The average Bonchev–Trinajstić information content (AvgIpc) is 2.82. The molecule has 3 aromatic rings. The first-order valence-corrected chi connectivity index (χ1v) is 7.22. The standard InChI is InChI=1S/C18H15N3O/c19-15-7-13-6-14-11-21(10-12-4-2-1-3-5-12)18(22)16(14)8-17(13)20-9-15/h1-9H,10-11,19H2. The maximum absolute atomic E-state index is 12.6. The Morgan fingerprint density at radius 3 is 2.77 bits per heavy atom. The zero-order chi connectivity index (χ0) is 15.1. The molecule has 0 spiro atoms. The van der Waals surface area contributed by atoms with Crippen molar-refractivity contribution in [3.63, 3.8) is 0 Å². The van der Waals surface area contributed by atoms with Gasteiger partial charge in [0.2, 0.25) is 0 Å². The lowest BCUT2D eigenvalue weighted by Gasteiger charge is -2.15. The van der Waals surface area contributed by atoms with Crippen molar-refractivity contribution < 1.29 is 4.79 Å². The third-order valence-corrected chi connectivity index (χ3v) is 4.02. The normalized spacial score (nSPS) is 13.6. The Morgan fingerprint density at radius 2 is 1.95 bits per heavy atom. The summed E-state index contributed by atoms with van der Waals surface area (Å²) in [4.78, 5) is 18.8. The molecule has 108 valence electrons. The lowest BCUT2D eigenvalue weighted by molar-refractivity contribution is 0.0767. The van der Waals surface area contributed by atoms with Crippen LogP contribution in [-0.4, -0.2) is 15.8 Å². The lowest BCUT2D eigenvalue weighted by Crippen LogP contribution is -2.23. The first-order chi connectivity index (χ1) is 10.7. The quantitative estimate of drug-likeness (QED) is 0.789. The second-order valence-corrected chi connectivity index (χ2v) is 5.62. The number of nitrogen functional groups attached to an aromatic ring is 1. The fourth-order valence-electron chi connectivity index (χ4n) is 2.95. The highest BCUT2D eigenvalue weighted by molar-refractivity contribution is 6.02. The van der Waals surface area contributed by atoms with Crippen molar-refractivity contribution in [1.29, 1.82) is 0 Å². The molecular weight excluding hydrogens is 274 g/mol.